The number of rotatable bonds is 6. The minimum absolute atomic E-state index is 0.0878. The van der Waals surface area contributed by atoms with Gasteiger partial charge in [-0.25, -0.2) is 0 Å². The van der Waals surface area contributed by atoms with Crippen LogP contribution in [0.4, 0.5) is 0 Å². The molecule has 0 heterocycles. The minimum atomic E-state index is -1.63. The maximum Gasteiger partial charge on any atom is 0.184 e. The quantitative estimate of drug-likeness (QED) is 0.263. The van der Waals surface area contributed by atoms with Crippen molar-refractivity contribution in [2.24, 2.45) is 28.6 Å². The zero-order valence-corrected chi connectivity index (χ0v) is 23.2. The summed E-state index contributed by atoms with van der Waals surface area (Å²) < 4.78 is 0. The van der Waals surface area contributed by atoms with Crippen LogP contribution in [0.15, 0.2) is 34.6 Å². The maximum absolute atomic E-state index is 14.7. The molecule has 1 spiro atoms. The molecule has 2 saturated carbocycles. The summed E-state index contributed by atoms with van der Waals surface area (Å²) in [6, 6.07) is 0. The predicted molar refractivity (Wildman–Crippen MR) is 139 cm³/mol. The second-order valence-corrected chi connectivity index (χ2v) is 12.9. The molecule has 3 aliphatic carbocycles. The first-order chi connectivity index (χ1) is 16.4. The summed E-state index contributed by atoms with van der Waals surface area (Å²) in [5.41, 5.74) is -4.13. The van der Waals surface area contributed by atoms with Crippen molar-refractivity contribution in [3.63, 3.8) is 0 Å². The predicted octanol–water partition coefficient (Wildman–Crippen LogP) is 5.18. The monoisotopic (exact) mass is 500 g/mol. The highest BCUT2D eigenvalue weighted by Crippen LogP contribution is 2.63. The van der Waals surface area contributed by atoms with Crippen LogP contribution in [0.1, 0.15) is 93.9 Å². The lowest BCUT2D eigenvalue weighted by Crippen LogP contribution is -2.62. The molecule has 200 valence electrons. The lowest BCUT2D eigenvalue weighted by Gasteiger charge is -2.55. The number of allylic oxidation sites excluding steroid dienone is 6. The number of ketones is 3. The van der Waals surface area contributed by atoms with Gasteiger partial charge < -0.3 is 15.3 Å². The highest BCUT2D eigenvalue weighted by Gasteiger charge is 2.69. The van der Waals surface area contributed by atoms with Crippen LogP contribution in [0.5, 0.6) is 0 Å². The van der Waals surface area contributed by atoms with Crippen LogP contribution in [0.25, 0.3) is 0 Å². The van der Waals surface area contributed by atoms with Crippen LogP contribution < -0.4 is 0 Å². The third kappa shape index (κ3) is 4.45. The SMILES string of the molecule is CC(C)=CCC1(CC=C(C)C)C(=O)C(C(=O)C(C)C)=C(O)[C@@]2(C[C@H]3[C@@H](CC[C@@]3(C)O)[C@@](C)(O)C2)C1=O. The average Bonchev–Trinajstić information content (AvgIpc) is 3.07. The van der Waals surface area contributed by atoms with E-state index in [9.17, 15) is 29.7 Å². The van der Waals surface area contributed by atoms with Gasteiger partial charge in [-0.15, -0.1) is 0 Å². The Hall–Kier alpha value is -2.05. The third-order valence-electron chi connectivity index (χ3n) is 8.98. The largest absolute Gasteiger partial charge is 0.510 e. The molecule has 0 bridgehead atoms. The molecular formula is C30H44O6. The molecule has 0 saturated heterocycles. The fraction of sp³-hybridized carbons (Fsp3) is 0.700. The number of fused-ring (bicyclic) bond motifs is 1. The number of aliphatic hydroxyl groups is 3. The Morgan fingerprint density at radius 3 is 1.97 bits per heavy atom. The van der Waals surface area contributed by atoms with Crippen molar-refractivity contribution >= 4 is 17.3 Å². The van der Waals surface area contributed by atoms with E-state index in [2.05, 4.69) is 0 Å². The van der Waals surface area contributed by atoms with Crippen molar-refractivity contribution in [3.05, 3.63) is 34.6 Å². The van der Waals surface area contributed by atoms with Crippen molar-refractivity contribution in [1.29, 1.82) is 0 Å². The Kier molecular flexibility index (Phi) is 7.41. The van der Waals surface area contributed by atoms with Crippen LogP contribution >= 0.6 is 0 Å². The Bertz CT molecular complexity index is 1030. The van der Waals surface area contributed by atoms with Crippen molar-refractivity contribution in [1.82, 2.24) is 0 Å². The second-order valence-electron chi connectivity index (χ2n) is 12.9. The zero-order valence-electron chi connectivity index (χ0n) is 23.2. The Morgan fingerprint density at radius 1 is 0.972 bits per heavy atom. The summed E-state index contributed by atoms with van der Waals surface area (Å²) in [7, 11) is 0. The summed E-state index contributed by atoms with van der Waals surface area (Å²) >= 11 is 0. The van der Waals surface area contributed by atoms with Crippen molar-refractivity contribution in [3.8, 4) is 0 Å². The molecule has 0 unspecified atom stereocenters. The number of hydrogen-bond donors (Lipinski definition) is 3. The fourth-order valence-electron chi connectivity index (χ4n) is 6.90. The van der Waals surface area contributed by atoms with Crippen molar-refractivity contribution < 1.29 is 29.7 Å². The van der Waals surface area contributed by atoms with E-state index >= 15 is 0 Å². The smallest absolute Gasteiger partial charge is 0.184 e. The van der Waals surface area contributed by atoms with Crippen molar-refractivity contribution in [2.75, 3.05) is 0 Å². The molecule has 0 radical (unpaired) electrons. The molecule has 0 amide bonds. The van der Waals surface area contributed by atoms with Gasteiger partial charge in [-0.05, 0) is 91.9 Å². The minimum Gasteiger partial charge on any atom is -0.510 e. The summed E-state index contributed by atoms with van der Waals surface area (Å²) in [6.45, 7) is 14.3. The van der Waals surface area contributed by atoms with E-state index in [0.29, 0.717) is 12.8 Å². The first-order valence-electron chi connectivity index (χ1n) is 13.2. The molecule has 0 aromatic heterocycles. The number of carbonyl (C=O) groups is 3. The molecule has 3 rings (SSSR count). The molecular weight excluding hydrogens is 456 g/mol. The van der Waals surface area contributed by atoms with E-state index in [-0.39, 0.29) is 37.2 Å². The Labute approximate surface area is 215 Å². The van der Waals surface area contributed by atoms with Crippen LogP contribution in [-0.2, 0) is 14.4 Å². The van der Waals surface area contributed by atoms with Crippen LogP contribution in [0.2, 0.25) is 0 Å². The van der Waals surface area contributed by atoms with Crippen LogP contribution in [-0.4, -0.2) is 43.9 Å². The van der Waals surface area contributed by atoms with E-state index in [1.54, 1.807) is 27.7 Å². The second kappa shape index (κ2) is 9.36. The Balaban J connectivity index is 2.37. The van der Waals surface area contributed by atoms with E-state index < -0.39 is 57.0 Å². The van der Waals surface area contributed by atoms with E-state index in [4.69, 9.17) is 0 Å². The lowest BCUT2D eigenvalue weighted by atomic mass is 9.48. The van der Waals surface area contributed by atoms with Crippen molar-refractivity contribution in [2.45, 2.75) is 105 Å². The van der Waals surface area contributed by atoms with Gasteiger partial charge in [-0.1, -0.05) is 37.1 Å². The molecule has 0 aromatic carbocycles. The molecule has 3 aliphatic rings. The maximum atomic E-state index is 14.7. The normalized spacial score (nSPS) is 35.8. The molecule has 6 heteroatoms. The molecule has 0 aromatic rings. The molecule has 5 atom stereocenters. The van der Waals surface area contributed by atoms with Gasteiger partial charge in [0.25, 0.3) is 0 Å². The number of carbonyl (C=O) groups excluding carboxylic acids is 3. The number of Topliss-reactive ketones (excluding diaryl/α,β-unsaturated/α-hetero) is 3. The summed E-state index contributed by atoms with van der Waals surface area (Å²) in [5, 5.41) is 34.6. The standard InChI is InChI=1S/C30H44O6/c1-17(2)9-13-29(14-10-18(3)4)24(32)22(23(31)19(5)6)25(33)30(26(29)34)15-21-20(28(8,36)16-30)11-12-27(21,7)35/h9-10,19-21,33,35-36H,11-16H2,1-8H3/t20-,21+,27-,28+,30+/m1/s1. The molecule has 0 aliphatic heterocycles. The van der Waals surface area contributed by atoms with Gasteiger partial charge in [0.15, 0.2) is 17.3 Å². The van der Waals surface area contributed by atoms with Crippen LogP contribution in [0, 0.1) is 28.6 Å². The van der Waals surface area contributed by atoms with E-state index in [1.807, 2.05) is 39.8 Å². The van der Waals surface area contributed by atoms with E-state index in [0.717, 1.165) is 11.1 Å². The summed E-state index contributed by atoms with van der Waals surface area (Å²) in [6.07, 6.45) is 4.99. The molecule has 36 heavy (non-hydrogen) atoms. The van der Waals surface area contributed by atoms with Gasteiger partial charge in [0, 0.05) is 5.92 Å². The Morgan fingerprint density at radius 2 is 1.50 bits per heavy atom. The van der Waals surface area contributed by atoms with Gasteiger partial charge in [0.1, 0.15) is 16.7 Å². The highest BCUT2D eigenvalue weighted by molar-refractivity contribution is 6.31. The summed E-state index contributed by atoms with van der Waals surface area (Å²) in [4.78, 5) is 42.3. The van der Waals surface area contributed by atoms with Gasteiger partial charge in [0.2, 0.25) is 0 Å². The fourth-order valence-corrected chi connectivity index (χ4v) is 6.90. The third-order valence-corrected chi connectivity index (χ3v) is 8.98. The average molecular weight is 501 g/mol. The van der Waals surface area contributed by atoms with Gasteiger partial charge >= 0.3 is 0 Å². The van der Waals surface area contributed by atoms with Crippen LogP contribution in [0.3, 0.4) is 0 Å². The first-order valence-corrected chi connectivity index (χ1v) is 13.2. The summed E-state index contributed by atoms with van der Waals surface area (Å²) in [5.74, 6) is -3.36. The first kappa shape index (κ1) is 28.5. The molecule has 3 N–H and O–H groups in total. The molecule has 2 fully saturated rings. The number of hydrogen-bond acceptors (Lipinski definition) is 6. The number of aliphatic hydroxyl groups excluding tert-OH is 1. The van der Waals surface area contributed by atoms with Gasteiger partial charge in [0.05, 0.1) is 16.6 Å². The van der Waals surface area contributed by atoms with Gasteiger partial charge in [-0.3, -0.25) is 14.4 Å². The lowest BCUT2D eigenvalue weighted by molar-refractivity contribution is -0.168. The zero-order chi connectivity index (χ0) is 27.4. The van der Waals surface area contributed by atoms with Gasteiger partial charge in [-0.2, -0.15) is 0 Å². The van der Waals surface area contributed by atoms with E-state index in [1.165, 1.54) is 0 Å². The topological polar surface area (TPSA) is 112 Å². The molecule has 6 nitrogen and oxygen atoms in total. The highest BCUT2D eigenvalue weighted by atomic mass is 16.3.